The molecule has 0 aromatic heterocycles. The third kappa shape index (κ3) is 4.90. The second-order valence-electron chi connectivity index (χ2n) is 6.03. The number of hydrogen-bond acceptors (Lipinski definition) is 2. The summed E-state index contributed by atoms with van der Waals surface area (Å²) in [5.41, 5.74) is 1.09. The first-order chi connectivity index (χ1) is 9.65. The zero-order chi connectivity index (χ0) is 14.4. The van der Waals surface area contributed by atoms with Crippen molar-refractivity contribution in [3.05, 3.63) is 23.2 Å². The third-order valence-corrected chi connectivity index (χ3v) is 4.20. The monoisotopic (exact) mass is 295 g/mol. The minimum Gasteiger partial charge on any atom is -0.489 e. The largest absolute Gasteiger partial charge is 0.489 e. The molecule has 3 heteroatoms. The zero-order valence-corrected chi connectivity index (χ0v) is 13.4. The van der Waals surface area contributed by atoms with Crippen LogP contribution in [0, 0.1) is 5.92 Å². The van der Waals surface area contributed by atoms with Crippen LogP contribution in [0.2, 0.25) is 5.02 Å². The summed E-state index contributed by atoms with van der Waals surface area (Å²) in [5.74, 6) is 1.68. The predicted octanol–water partition coefficient (Wildman–Crippen LogP) is 5.51. The van der Waals surface area contributed by atoms with Gasteiger partial charge in [-0.2, -0.15) is 0 Å². The lowest BCUT2D eigenvalue weighted by atomic mass is 9.87. The number of rotatable bonds is 6. The Balaban J connectivity index is 1.79. The van der Waals surface area contributed by atoms with Gasteiger partial charge in [-0.25, -0.2) is 0 Å². The first kappa shape index (κ1) is 15.5. The number of halogens is 1. The first-order valence-corrected chi connectivity index (χ1v) is 8.23. The smallest absolute Gasteiger partial charge is 0.138 e. The quantitative estimate of drug-likeness (QED) is 0.747. The van der Waals surface area contributed by atoms with Gasteiger partial charge in [-0.05, 0) is 44.4 Å². The molecule has 0 heterocycles. The molecule has 0 radical (unpaired) electrons. The highest BCUT2D eigenvalue weighted by Gasteiger charge is 2.12. The van der Waals surface area contributed by atoms with Crippen molar-refractivity contribution >= 4 is 17.3 Å². The molecule has 2 rings (SSSR count). The maximum atomic E-state index is 6.24. The Labute approximate surface area is 127 Å². The van der Waals surface area contributed by atoms with E-state index in [1.807, 2.05) is 32.0 Å². The summed E-state index contributed by atoms with van der Waals surface area (Å²) < 4.78 is 5.64. The topological polar surface area (TPSA) is 21.3 Å². The number of benzene rings is 1. The molecule has 2 nitrogen and oxygen atoms in total. The van der Waals surface area contributed by atoms with E-state index in [9.17, 15) is 0 Å². The van der Waals surface area contributed by atoms with Gasteiger partial charge in [-0.3, -0.25) is 0 Å². The molecule has 1 saturated carbocycles. The van der Waals surface area contributed by atoms with Crippen molar-refractivity contribution in [3.8, 4) is 5.75 Å². The lowest BCUT2D eigenvalue weighted by Gasteiger charge is -2.21. The van der Waals surface area contributed by atoms with Crippen molar-refractivity contribution < 1.29 is 4.74 Å². The molecule has 1 aromatic rings. The lowest BCUT2D eigenvalue weighted by molar-refractivity contribution is 0.242. The van der Waals surface area contributed by atoms with Crippen LogP contribution in [-0.2, 0) is 0 Å². The summed E-state index contributed by atoms with van der Waals surface area (Å²) in [6.07, 6.45) is 8.49. The summed E-state index contributed by atoms with van der Waals surface area (Å²) in [4.78, 5) is 0. The van der Waals surface area contributed by atoms with Crippen LogP contribution < -0.4 is 10.1 Å². The van der Waals surface area contributed by atoms with Crippen molar-refractivity contribution in [1.82, 2.24) is 0 Å². The summed E-state index contributed by atoms with van der Waals surface area (Å²) in [7, 11) is 0. The summed E-state index contributed by atoms with van der Waals surface area (Å²) in [6.45, 7) is 5.05. The highest BCUT2D eigenvalue weighted by Crippen LogP contribution is 2.29. The van der Waals surface area contributed by atoms with E-state index in [0.717, 1.165) is 23.9 Å². The third-order valence-electron chi connectivity index (χ3n) is 3.90. The average Bonchev–Trinajstić information content (AvgIpc) is 2.43. The van der Waals surface area contributed by atoms with E-state index in [4.69, 9.17) is 16.3 Å². The van der Waals surface area contributed by atoms with E-state index in [0.29, 0.717) is 5.02 Å². The Morgan fingerprint density at radius 3 is 2.65 bits per heavy atom. The molecule has 0 saturated heterocycles. The fourth-order valence-electron chi connectivity index (χ4n) is 2.86. The fourth-order valence-corrected chi connectivity index (χ4v) is 3.08. The van der Waals surface area contributed by atoms with Crippen LogP contribution in [-0.4, -0.2) is 12.6 Å². The van der Waals surface area contributed by atoms with Gasteiger partial charge in [0.1, 0.15) is 5.75 Å². The Morgan fingerprint density at radius 1 is 1.25 bits per heavy atom. The molecule has 1 fully saturated rings. The zero-order valence-electron chi connectivity index (χ0n) is 12.6. The van der Waals surface area contributed by atoms with E-state index in [2.05, 4.69) is 5.32 Å². The van der Waals surface area contributed by atoms with Gasteiger partial charge < -0.3 is 10.1 Å². The van der Waals surface area contributed by atoms with Gasteiger partial charge in [0.2, 0.25) is 0 Å². The maximum Gasteiger partial charge on any atom is 0.138 e. The van der Waals surface area contributed by atoms with Crippen molar-refractivity contribution in [1.29, 1.82) is 0 Å². The average molecular weight is 296 g/mol. The van der Waals surface area contributed by atoms with E-state index in [1.165, 1.54) is 38.5 Å². The molecular weight excluding hydrogens is 270 g/mol. The van der Waals surface area contributed by atoms with Gasteiger partial charge in [0.05, 0.1) is 11.1 Å². The Morgan fingerprint density at radius 2 is 2.00 bits per heavy atom. The summed E-state index contributed by atoms with van der Waals surface area (Å²) in [5, 5.41) is 4.16. The SMILES string of the molecule is CC(C)Oc1ccc(NCCC2CCCCC2)cc1Cl. The molecule has 1 aliphatic rings. The molecule has 0 atom stereocenters. The second-order valence-corrected chi connectivity index (χ2v) is 6.44. The fraction of sp³-hybridized carbons (Fsp3) is 0.647. The number of nitrogens with one attached hydrogen (secondary N) is 1. The number of hydrogen-bond donors (Lipinski definition) is 1. The van der Waals surface area contributed by atoms with Crippen LogP contribution in [0.4, 0.5) is 5.69 Å². The van der Waals surface area contributed by atoms with E-state index in [1.54, 1.807) is 0 Å². The molecule has 112 valence electrons. The Hall–Kier alpha value is -0.890. The first-order valence-electron chi connectivity index (χ1n) is 7.85. The maximum absolute atomic E-state index is 6.24. The molecule has 1 aromatic carbocycles. The molecule has 1 aliphatic carbocycles. The van der Waals surface area contributed by atoms with Crippen LogP contribution in [0.5, 0.6) is 5.75 Å². The number of anilines is 1. The summed E-state index contributed by atoms with van der Waals surface area (Å²) >= 11 is 6.24. The molecule has 1 N–H and O–H groups in total. The number of ether oxygens (including phenoxy) is 1. The van der Waals surface area contributed by atoms with Crippen molar-refractivity contribution in [2.45, 2.75) is 58.5 Å². The Kier molecular flexibility index (Phi) is 6.03. The molecule has 0 aliphatic heterocycles. The van der Waals surface area contributed by atoms with Gasteiger partial charge in [0.25, 0.3) is 0 Å². The van der Waals surface area contributed by atoms with E-state index < -0.39 is 0 Å². The van der Waals surface area contributed by atoms with Gasteiger partial charge >= 0.3 is 0 Å². The van der Waals surface area contributed by atoms with Gasteiger partial charge in [-0.15, -0.1) is 0 Å². The predicted molar refractivity (Wildman–Crippen MR) is 86.9 cm³/mol. The molecule has 20 heavy (non-hydrogen) atoms. The minimum absolute atomic E-state index is 0.151. The molecule has 0 spiro atoms. The van der Waals surface area contributed by atoms with Gasteiger partial charge in [-0.1, -0.05) is 43.7 Å². The van der Waals surface area contributed by atoms with Crippen LogP contribution >= 0.6 is 11.6 Å². The van der Waals surface area contributed by atoms with E-state index >= 15 is 0 Å². The molecule has 0 unspecified atom stereocenters. The highest BCUT2D eigenvalue weighted by molar-refractivity contribution is 6.32. The molecule has 0 amide bonds. The van der Waals surface area contributed by atoms with Crippen molar-refractivity contribution in [3.63, 3.8) is 0 Å². The standard InChI is InChI=1S/C17H26ClNO/c1-13(2)20-17-9-8-15(12-16(17)18)19-11-10-14-6-4-3-5-7-14/h8-9,12-14,19H,3-7,10-11H2,1-2H3. The van der Waals surface area contributed by atoms with Crippen LogP contribution in [0.3, 0.4) is 0 Å². The van der Waals surface area contributed by atoms with Gasteiger partial charge in [0.15, 0.2) is 0 Å². The van der Waals surface area contributed by atoms with E-state index in [-0.39, 0.29) is 6.10 Å². The normalized spacial score (nSPS) is 16.4. The van der Waals surface area contributed by atoms with Crippen LogP contribution in [0.25, 0.3) is 0 Å². The molecule has 0 bridgehead atoms. The van der Waals surface area contributed by atoms with Crippen molar-refractivity contribution in [2.75, 3.05) is 11.9 Å². The highest BCUT2D eigenvalue weighted by atomic mass is 35.5. The minimum atomic E-state index is 0.151. The van der Waals surface area contributed by atoms with Crippen molar-refractivity contribution in [2.24, 2.45) is 5.92 Å². The summed E-state index contributed by atoms with van der Waals surface area (Å²) in [6, 6.07) is 5.95. The lowest BCUT2D eigenvalue weighted by Crippen LogP contribution is -2.12. The second kappa shape index (κ2) is 7.78. The molecular formula is C17H26ClNO. The van der Waals surface area contributed by atoms with Crippen LogP contribution in [0.15, 0.2) is 18.2 Å². The van der Waals surface area contributed by atoms with Crippen LogP contribution in [0.1, 0.15) is 52.4 Å². The Bertz CT molecular complexity index is 413. The van der Waals surface area contributed by atoms with Gasteiger partial charge in [0, 0.05) is 12.2 Å².